The standard InChI is InChI=1S/C23H21N3O5/c1-30-13-7-8-15(16(11-13)31-2)26-22(28)17-18(23(26)29)20(21(24)27)25-10-9-12-5-3-4-6-14(12)19(17)25/h3-11,17-20H,1-2H3,(H2,24,27)/t17-,18+,19+,20-/m0/s1. The van der Waals surface area contributed by atoms with E-state index in [0.29, 0.717) is 17.2 Å². The van der Waals surface area contributed by atoms with Gasteiger partial charge in [-0.3, -0.25) is 14.4 Å². The third-order valence-electron chi connectivity index (χ3n) is 6.38. The number of ether oxygens (including phenoxy) is 2. The average molecular weight is 419 g/mol. The summed E-state index contributed by atoms with van der Waals surface area (Å²) in [7, 11) is 2.98. The van der Waals surface area contributed by atoms with Crippen LogP contribution in [0.4, 0.5) is 5.69 Å². The van der Waals surface area contributed by atoms with Gasteiger partial charge in [0.2, 0.25) is 17.7 Å². The van der Waals surface area contributed by atoms with Gasteiger partial charge in [0.25, 0.3) is 0 Å². The zero-order valence-corrected chi connectivity index (χ0v) is 17.0. The van der Waals surface area contributed by atoms with E-state index in [9.17, 15) is 14.4 Å². The number of carbonyl (C=O) groups excluding carboxylic acids is 3. The third kappa shape index (κ3) is 2.57. The molecule has 3 amide bonds. The molecule has 0 radical (unpaired) electrons. The minimum Gasteiger partial charge on any atom is -0.497 e. The number of methoxy groups -OCH3 is 2. The first-order valence-corrected chi connectivity index (χ1v) is 9.91. The van der Waals surface area contributed by atoms with E-state index in [1.807, 2.05) is 30.3 Å². The average Bonchev–Trinajstić information content (AvgIpc) is 3.26. The van der Waals surface area contributed by atoms with Crippen molar-refractivity contribution in [2.75, 3.05) is 19.1 Å². The van der Waals surface area contributed by atoms with E-state index in [4.69, 9.17) is 15.2 Å². The SMILES string of the molecule is COc1ccc(N2C(=O)[C@@H]3[C@H](C2=O)[C@H]2c4ccccc4C=CN2[C@@H]3C(N)=O)c(OC)c1. The molecule has 3 aliphatic heterocycles. The Morgan fingerprint density at radius 3 is 2.45 bits per heavy atom. The molecule has 2 aromatic carbocycles. The molecule has 4 atom stereocenters. The first kappa shape index (κ1) is 19.2. The minimum atomic E-state index is -0.912. The molecule has 158 valence electrons. The molecule has 3 aliphatic rings. The number of anilines is 1. The Bertz CT molecular complexity index is 1140. The molecule has 8 nitrogen and oxygen atoms in total. The van der Waals surface area contributed by atoms with Crippen molar-refractivity contribution in [3.05, 3.63) is 59.8 Å². The van der Waals surface area contributed by atoms with Crippen molar-refractivity contribution < 1.29 is 23.9 Å². The maximum absolute atomic E-state index is 13.7. The Balaban J connectivity index is 1.64. The summed E-state index contributed by atoms with van der Waals surface area (Å²) in [5.41, 5.74) is 7.90. The fraction of sp³-hybridized carbons (Fsp3) is 0.261. The van der Waals surface area contributed by atoms with Gasteiger partial charge in [-0.2, -0.15) is 0 Å². The van der Waals surface area contributed by atoms with E-state index in [2.05, 4.69) is 0 Å². The van der Waals surface area contributed by atoms with E-state index in [1.165, 1.54) is 14.2 Å². The van der Waals surface area contributed by atoms with Crippen molar-refractivity contribution in [1.29, 1.82) is 0 Å². The van der Waals surface area contributed by atoms with Crippen molar-refractivity contribution >= 4 is 29.5 Å². The number of primary amides is 1. The molecule has 0 saturated carbocycles. The molecule has 31 heavy (non-hydrogen) atoms. The summed E-state index contributed by atoms with van der Waals surface area (Å²) in [5.74, 6) is -2.21. The molecule has 2 saturated heterocycles. The Morgan fingerprint density at radius 1 is 1.00 bits per heavy atom. The first-order valence-electron chi connectivity index (χ1n) is 9.91. The molecule has 2 fully saturated rings. The van der Waals surface area contributed by atoms with Gasteiger partial charge in [-0.25, -0.2) is 4.90 Å². The molecular weight excluding hydrogens is 398 g/mol. The Morgan fingerprint density at radius 2 is 1.74 bits per heavy atom. The number of amides is 3. The Hall–Kier alpha value is -3.81. The number of nitrogens with two attached hydrogens (primary N) is 1. The van der Waals surface area contributed by atoms with Crippen LogP contribution in [0.1, 0.15) is 17.2 Å². The van der Waals surface area contributed by atoms with E-state index in [-0.39, 0.29) is 5.91 Å². The van der Waals surface area contributed by atoms with E-state index in [1.54, 1.807) is 29.3 Å². The van der Waals surface area contributed by atoms with Gasteiger partial charge in [-0.05, 0) is 29.3 Å². The number of imide groups is 1. The number of nitrogens with zero attached hydrogens (tertiary/aromatic N) is 2. The third-order valence-corrected chi connectivity index (χ3v) is 6.38. The molecule has 2 N–H and O–H groups in total. The number of benzene rings is 2. The summed E-state index contributed by atoms with van der Waals surface area (Å²) in [4.78, 5) is 42.5. The monoisotopic (exact) mass is 419 g/mol. The van der Waals surface area contributed by atoms with E-state index >= 15 is 0 Å². The highest BCUT2D eigenvalue weighted by molar-refractivity contribution is 6.24. The molecule has 2 aromatic rings. The molecule has 5 rings (SSSR count). The number of carbonyl (C=O) groups is 3. The zero-order valence-electron chi connectivity index (χ0n) is 17.0. The topological polar surface area (TPSA) is 102 Å². The molecule has 0 unspecified atom stereocenters. The van der Waals surface area contributed by atoms with Crippen LogP contribution in [0, 0.1) is 11.8 Å². The van der Waals surface area contributed by atoms with Crippen LogP contribution in [0.5, 0.6) is 11.5 Å². The summed E-state index contributed by atoms with van der Waals surface area (Å²) in [6.07, 6.45) is 3.64. The number of hydrogen-bond donors (Lipinski definition) is 1. The Labute approximate surface area is 178 Å². The van der Waals surface area contributed by atoms with Crippen molar-refractivity contribution in [2.24, 2.45) is 17.6 Å². The number of fused-ring (bicyclic) bond motifs is 5. The van der Waals surface area contributed by atoms with E-state index in [0.717, 1.165) is 16.0 Å². The lowest BCUT2D eigenvalue weighted by molar-refractivity contribution is -0.129. The van der Waals surface area contributed by atoms with Crippen LogP contribution >= 0.6 is 0 Å². The van der Waals surface area contributed by atoms with Crippen LogP contribution in [-0.2, 0) is 14.4 Å². The van der Waals surface area contributed by atoms with Gasteiger partial charge in [-0.1, -0.05) is 24.3 Å². The lowest BCUT2D eigenvalue weighted by atomic mass is 9.84. The fourth-order valence-corrected chi connectivity index (χ4v) is 5.09. The number of rotatable bonds is 4. The van der Waals surface area contributed by atoms with Gasteiger partial charge in [0.1, 0.15) is 17.5 Å². The predicted molar refractivity (Wildman–Crippen MR) is 112 cm³/mol. The quantitative estimate of drug-likeness (QED) is 0.757. The highest BCUT2D eigenvalue weighted by atomic mass is 16.5. The second-order valence-electron chi connectivity index (χ2n) is 7.79. The van der Waals surface area contributed by atoms with Crippen LogP contribution < -0.4 is 20.1 Å². The maximum Gasteiger partial charge on any atom is 0.240 e. The maximum atomic E-state index is 13.7. The molecular formula is C23H21N3O5. The largest absolute Gasteiger partial charge is 0.497 e. The normalized spacial score (nSPS) is 25.9. The van der Waals surface area contributed by atoms with Crippen LogP contribution in [0.25, 0.3) is 6.08 Å². The number of hydrogen-bond acceptors (Lipinski definition) is 6. The van der Waals surface area contributed by atoms with Gasteiger partial charge in [0, 0.05) is 12.3 Å². The van der Waals surface area contributed by atoms with Crippen molar-refractivity contribution in [2.45, 2.75) is 12.1 Å². The first-order chi connectivity index (χ1) is 15.0. The summed E-state index contributed by atoms with van der Waals surface area (Å²) < 4.78 is 10.6. The van der Waals surface area contributed by atoms with Gasteiger partial charge in [0.15, 0.2) is 0 Å². The zero-order chi connectivity index (χ0) is 21.9. The second-order valence-corrected chi connectivity index (χ2v) is 7.79. The summed E-state index contributed by atoms with van der Waals surface area (Å²) >= 11 is 0. The Kier molecular flexibility index (Phi) is 4.25. The van der Waals surface area contributed by atoms with Gasteiger partial charge in [0.05, 0.1) is 37.8 Å². The van der Waals surface area contributed by atoms with Crippen LogP contribution in [0.2, 0.25) is 0 Å². The second kappa shape index (κ2) is 6.87. The lowest BCUT2D eigenvalue weighted by Crippen LogP contribution is -2.46. The molecule has 0 spiro atoms. The van der Waals surface area contributed by atoms with Crippen molar-refractivity contribution in [3.8, 4) is 11.5 Å². The van der Waals surface area contributed by atoms with Gasteiger partial charge in [-0.15, -0.1) is 0 Å². The fourth-order valence-electron chi connectivity index (χ4n) is 5.09. The van der Waals surface area contributed by atoms with E-state index < -0.39 is 35.7 Å². The van der Waals surface area contributed by atoms with Crippen LogP contribution in [0.3, 0.4) is 0 Å². The van der Waals surface area contributed by atoms with Crippen LogP contribution in [-0.4, -0.2) is 42.9 Å². The predicted octanol–water partition coefficient (Wildman–Crippen LogP) is 1.70. The summed E-state index contributed by atoms with van der Waals surface area (Å²) in [6, 6.07) is 11.2. The van der Waals surface area contributed by atoms with Crippen molar-refractivity contribution in [1.82, 2.24) is 4.90 Å². The summed E-state index contributed by atoms with van der Waals surface area (Å²) in [5, 5.41) is 0. The van der Waals surface area contributed by atoms with Crippen LogP contribution in [0.15, 0.2) is 48.7 Å². The molecule has 3 heterocycles. The molecule has 0 aliphatic carbocycles. The lowest BCUT2D eigenvalue weighted by Gasteiger charge is -2.34. The van der Waals surface area contributed by atoms with Gasteiger partial charge >= 0.3 is 0 Å². The minimum absolute atomic E-state index is 0.321. The van der Waals surface area contributed by atoms with Gasteiger partial charge < -0.3 is 20.1 Å². The molecule has 8 heteroatoms. The smallest absolute Gasteiger partial charge is 0.240 e. The van der Waals surface area contributed by atoms with Crippen molar-refractivity contribution in [3.63, 3.8) is 0 Å². The highest BCUT2D eigenvalue weighted by Crippen LogP contribution is 2.53. The molecule has 0 aromatic heterocycles. The highest BCUT2D eigenvalue weighted by Gasteiger charge is 2.64. The summed E-state index contributed by atoms with van der Waals surface area (Å²) in [6.45, 7) is 0. The molecule has 0 bridgehead atoms.